The molecule has 0 aromatic heterocycles. The van der Waals surface area contributed by atoms with Crippen LogP contribution in [0.3, 0.4) is 0 Å². The topological polar surface area (TPSA) is 37.3 Å². The second-order valence-corrected chi connectivity index (χ2v) is 2.59. The maximum atomic E-state index is 10.4. The van der Waals surface area contributed by atoms with Gasteiger partial charge in [0.05, 0.1) is 5.92 Å². The first-order chi connectivity index (χ1) is 4.72. The third-order valence-electron chi connectivity index (χ3n) is 1.75. The number of carbonyl (C=O) groups is 1. The molecule has 0 saturated heterocycles. The van der Waals surface area contributed by atoms with Crippen molar-refractivity contribution in [2.45, 2.75) is 39.5 Å². The average Bonchev–Trinajstić information content (AvgIpc) is 1.89. The number of carboxylic acid groups (broad SMARTS) is 1. The molecule has 0 aromatic carbocycles. The summed E-state index contributed by atoms with van der Waals surface area (Å²) in [5, 5.41) is 8.60. The molecule has 1 atom stereocenters. The minimum absolute atomic E-state index is 0. The summed E-state index contributed by atoms with van der Waals surface area (Å²) in [6.45, 7) is 4.00. The van der Waals surface area contributed by atoms with Gasteiger partial charge in [0, 0.05) is 0 Å². The molecule has 3 heteroatoms. The Kier molecular flexibility index (Phi) is 9.93. The van der Waals surface area contributed by atoms with Gasteiger partial charge in [-0.1, -0.05) is 26.7 Å². The van der Waals surface area contributed by atoms with Gasteiger partial charge < -0.3 is 5.11 Å². The summed E-state index contributed by atoms with van der Waals surface area (Å²) >= 11 is 0. The zero-order chi connectivity index (χ0) is 7.98. The van der Waals surface area contributed by atoms with Crippen molar-refractivity contribution in [3.63, 3.8) is 0 Å². The van der Waals surface area contributed by atoms with Crippen molar-refractivity contribution < 1.29 is 26.4 Å². The van der Waals surface area contributed by atoms with E-state index in [1.54, 1.807) is 0 Å². The molecule has 0 aromatic rings. The molecule has 0 bridgehead atoms. The normalized spacial score (nSPS) is 11.8. The van der Waals surface area contributed by atoms with Gasteiger partial charge in [-0.25, -0.2) is 0 Å². The van der Waals surface area contributed by atoms with Crippen molar-refractivity contribution in [3.05, 3.63) is 0 Å². The Bertz CT molecular complexity index is 104. The van der Waals surface area contributed by atoms with E-state index in [0.717, 1.165) is 25.7 Å². The van der Waals surface area contributed by atoms with Crippen LogP contribution >= 0.6 is 0 Å². The van der Waals surface area contributed by atoms with E-state index in [9.17, 15) is 4.79 Å². The smallest absolute Gasteiger partial charge is 0.481 e. The number of rotatable bonds is 5. The number of hydrogen-bond acceptors (Lipinski definition) is 1. The van der Waals surface area contributed by atoms with Gasteiger partial charge in [0.2, 0.25) is 0 Å². The standard InChI is InChI=1S/C8H16O2.Ni/c1-3-5-6-7(4-2)8(9)10;/h7H,3-6H2,1-2H3,(H,9,10);/q;+2. The molecule has 1 N–H and O–H groups in total. The van der Waals surface area contributed by atoms with Crippen molar-refractivity contribution in [2.24, 2.45) is 5.92 Å². The van der Waals surface area contributed by atoms with Gasteiger partial charge in [-0.15, -0.1) is 0 Å². The first kappa shape index (κ1) is 13.5. The van der Waals surface area contributed by atoms with Gasteiger partial charge >= 0.3 is 22.5 Å². The predicted molar refractivity (Wildman–Crippen MR) is 40.9 cm³/mol. The zero-order valence-corrected chi connectivity index (χ0v) is 8.07. The molecule has 0 aliphatic rings. The Morgan fingerprint density at radius 1 is 1.45 bits per heavy atom. The Labute approximate surface area is 78.3 Å². The van der Waals surface area contributed by atoms with E-state index >= 15 is 0 Å². The molecule has 0 aliphatic carbocycles. The molecular weight excluding hydrogens is 187 g/mol. The van der Waals surface area contributed by atoms with Crippen LogP contribution in [0.4, 0.5) is 0 Å². The Morgan fingerprint density at radius 2 is 2.00 bits per heavy atom. The van der Waals surface area contributed by atoms with Crippen molar-refractivity contribution in [2.75, 3.05) is 0 Å². The van der Waals surface area contributed by atoms with Crippen LogP contribution in [0.15, 0.2) is 0 Å². The average molecular weight is 203 g/mol. The summed E-state index contributed by atoms with van der Waals surface area (Å²) in [4.78, 5) is 10.4. The quantitative estimate of drug-likeness (QED) is 0.695. The van der Waals surface area contributed by atoms with Gasteiger partial charge in [-0.05, 0) is 12.8 Å². The summed E-state index contributed by atoms with van der Waals surface area (Å²) in [6.07, 6.45) is 3.71. The van der Waals surface area contributed by atoms with Crippen LogP contribution in [0.2, 0.25) is 0 Å². The third-order valence-corrected chi connectivity index (χ3v) is 1.75. The molecule has 0 spiro atoms. The van der Waals surface area contributed by atoms with Gasteiger partial charge in [0.1, 0.15) is 0 Å². The van der Waals surface area contributed by atoms with E-state index in [0.29, 0.717) is 0 Å². The molecule has 0 radical (unpaired) electrons. The summed E-state index contributed by atoms with van der Waals surface area (Å²) in [5.41, 5.74) is 0. The van der Waals surface area contributed by atoms with Crippen LogP contribution in [0.25, 0.3) is 0 Å². The molecule has 2 nitrogen and oxygen atoms in total. The van der Waals surface area contributed by atoms with Crippen LogP contribution in [0.1, 0.15) is 39.5 Å². The fourth-order valence-corrected chi connectivity index (χ4v) is 0.953. The van der Waals surface area contributed by atoms with E-state index < -0.39 is 5.97 Å². The minimum Gasteiger partial charge on any atom is -0.481 e. The fourth-order valence-electron chi connectivity index (χ4n) is 0.953. The second-order valence-electron chi connectivity index (χ2n) is 2.59. The van der Waals surface area contributed by atoms with E-state index in [1.807, 2.05) is 6.92 Å². The number of hydrogen-bond donors (Lipinski definition) is 1. The number of aliphatic carboxylic acids is 1. The summed E-state index contributed by atoms with van der Waals surface area (Å²) < 4.78 is 0. The summed E-state index contributed by atoms with van der Waals surface area (Å²) in [7, 11) is 0. The van der Waals surface area contributed by atoms with Crippen LogP contribution < -0.4 is 0 Å². The molecule has 0 heterocycles. The molecule has 68 valence electrons. The third kappa shape index (κ3) is 6.36. The van der Waals surface area contributed by atoms with E-state index in [-0.39, 0.29) is 22.4 Å². The molecule has 0 fully saturated rings. The van der Waals surface area contributed by atoms with Crippen LogP contribution in [0, 0.1) is 5.92 Å². The molecule has 0 saturated carbocycles. The monoisotopic (exact) mass is 202 g/mol. The Balaban J connectivity index is 0. The fraction of sp³-hybridized carbons (Fsp3) is 0.875. The van der Waals surface area contributed by atoms with Gasteiger partial charge in [0.15, 0.2) is 0 Å². The molecule has 0 amide bonds. The SMILES string of the molecule is CCCCC(CC)C(=O)O.[Ni+2]. The van der Waals surface area contributed by atoms with E-state index in [4.69, 9.17) is 5.11 Å². The Morgan fingerprint density at radius 3 is 2.27 bits per heavy atom. The maximum Gasteiger partial charge on any atom is 2.00 e. The molecule has 11 heavy (non-hydrogen) atoms. The summed E-state index contributed by atoms with van der Waals surface area (Å²) in [5.74, 6) is -0.754. The van der Waals surface area contributed by atoms with Gasteiger partial charge in [0.25, 0.3) is 0 Å². The maximum absolute atomic E-state index is 10.4. The Hall–Kier alpha value is -0.0365. The van der Waals surface area contributed by atoms with E-state index in [2.05, 4.69) is 6.92 Å². The van der Waals surface area contributed by atoms with Crippen molar-refractivity contribution in [1.29, 1.82) is 0 Å². The van der Waals surface area contributed by atoms with Gasteiger partial charge in [-0.3, -0.25) is 4.79 Å². The number of carboxylic acids is 1. The van der Waals surface area contributed by atoms with Crippen LogP contribution in [-0.4, -0.2) is 11.1 Å². The molecule has 0 rings (SSSR count). The number of unbranched alkanes of at least 4 members (excludes halogenated alkanes) is 1. The molecule has 1 unspecified atom stereocenters. The van der Waals surface area contributed by atoms with Gasteiger partial charge in [-0.2, -0.15) is 0 Å². The van der Waals surface area contributed by atoms with Crippen molar-refractivity contribution >= 4 is 5.97 Å². The summed E-state index contributed by atoms with van der Waals surface area (Å²) in [6, 6.07) is 0. The first-order valence-corrected chi connectivity index (χ1v) is 3.95. The second kappa shape index (κ2) is 8.06. The van der Waals surface area contributed by atoms with Crippen molar-refractivity contribution in [1.82, 2.24) is 0 Å². The predicted octanol–water partition coefficient (Wildman–Crippen LogP) is 2.28. The van der Waals surface area contributed by atoms with E-state index in [1.165, 1.54) is 0 Å². The minimum atomic E-state index is -0.643. The molecule has 0 aliphatic heterocycles. The van der Waals surface area contributed by atoms with Crippen LogP contribution in [-0.2, 0) is 21.3 Å². The first-order valence-electron chi connectivity index (χ1n) is 3.95. The largest absolute Gasteiger partial charge is 2.00 e. The zero-order valence-electron chi connectivity index (χ0n) is 7.08. The van der Waals surface area contributed by atoms with Crippen molar-refractivity contribution in [3.8, 4) is 0 Å². The van der Waals surface area contributed by atoms with Crippen LogP contribution in [0.5, 0.6) is 0 Å². The molecular formula is C8H16NiO2+2.